The topological polar surface area (TPSA) is 52.5 Å². The first-order valence-corrected chi connectivity index (χ1v) is 3.37. The maximum Gasteiger partial charge on any atom is 0.0846 e. The summed E-state index contributed by atoms with van der Waals surface area (Å²) < 4.78 is 0. The van der Waals surface area contributed by atoms with Crippen LogP contribution in [0.15, 0.2) is 0 Å². The first-order valence-electron chi connectivity index (χ1n) is 3.37. The van der Waals surface area contributed by atoms with E-state index >= 15 is 0 Å². The van der Waals surface area contributed by atoms with E-state index in [-0.39, 0.29) is 0 Å². The third kappa shape index (κ3) is 0.569. The molecular formula is C6H11NO2. The van der Waals surface area contributed by atoms with Crippen LogP contribution < -0.4 is 5.32 Å². The third-order valence-electron chi connectivity index (χ3n) is 2.54. The Hall–Kier alpha value is -0.120. The molecule has 0 aromatic carbocycles. The largest absolute Gasteiger partial charge is 0.390 e. The zero-order chi connectivity index (χ0) is 6.43. The summed E-state index contributed by atoms with van der Waals surface area (Å²) in [5.74, 6) is 0.667. The van der Waals surface area contributed by atoms with Crippen LogP contribution in [-0.4, -0.2) is 35.5 Å². The summed E-state index contributed by atoms with van der Waals surface area (Å²) in [6.45, 7) is 1.76. The molecule has 3 heteroatoms. The lowest BCUT2D eigenvalue weighted by Gasteiger charge is -2.41. The van der Waals surface area contributed by atoms with E-state index in [1.54, 1.807) is 0 Å². The van der Waals surface area contributed by atoms with Gasteiger partial charge >= 0.3 is 0 Å². The van der Waals surface area contributed by atoms with Gasteiger partial charge in [0.25, 0.3) is 0 Å². The van der Waals surface area contributed by atoms with Crippen LogP contribution >= 0.6 is 0 Å². The minimum Gasteiger partial charge on any atom is -0.390 e. The molecule has 1 saturated heterocycles. The third-order valence-corrected chi connectivity index (χ3v) is 2.54. The van der Waals surface area contributed by atoms with Crippen molar-refractivity contribution in [2.45, 2.75) is 12.2 Å². The molecule has 4 atom stereocenters. The van der Waals surface area contributed by atoms with Crippen LogP contribution in [0.2, 0.25) is 0 Å². The van der Waals surface area contributed by atoms with Crippen LogP contribution in [0.3, 0.4) is 0 Å². The SMILES string of the molecule is OC1C(O)C2CNCC12. The molecule has 1 aliphatic heterocycles. The minimum atomic E-state index is -0.454. The average molecular weight is 129 g/mol. The van der Waals surface area contributed by atoms with E-state index in [9.17, 15) is 0 Å². The number of nitrogens with one attached hydrogen (secondary N) is 1. The zero-order valence-corrected chi connectivity index (χ0v) is 5.12. The van der Waals surface area contributed by atoms with E-state index in [0.717, 1.165) is 13.1 Å². The lowest BCUT2D eigenvalue weighted by Crippen LogP contribution is -2.54. The summed E-state index contributed by atoms with van der Waals surface area (Å²) in [4.78, 5) is 0. The van der Waals surface area contributed by atoms with Crippen molar-refractivity contribution in [2.24, 2.45) is 11.8 Å². The molecule has 52 valence electrons. The average Bonchev–Trinajstić information content (AvgIpc) is 2.30. The Balaban J connectivity index is 2.06. The van der Waals surface area contributed by atoms with Gasteiger partial charge in [-0.15, -0.1) is 0 Å². The van der Waals surface area contributed by atoms with Crippen molar-refractivity contribution < 1.29 is 10.2 Å². The van der Waals surface area contributed by atoms with Gasteiger partial charge in [-0.1, -0.05) is 0 Å². The Kier molecular flexibility index (Phi) is 1.06. The number of aliphatic hydroxyl groups is 2. The second-order valence-corrected chi connectivity index (χ2v) is 2.97. The maximum atomic E-state index is 9.10. The van der Waals surface area contributed by atoms with E-state index in [2.05, 4.69) is 5.32 Å². The molecular weight excluding hydrogens is 118 g/mol. The van der Waals surface area contributed by atoms with Crippen molar-refractivity contribution in [3.63, 3.8) is 0 Å². The van der Waals surface area contributed by atoms with Gasteiger partial charge in [0, 0.05) is 24.9 Å². The van der Waals surface area contributed by atoms with Crippen molar-refractivity contribution in [3.05, 3.63) is 0 Å². The van der Waals surface area contributed by atoms with Crippen molar-refractivity contribution in [1.82, 2.24) is 5.32 Å². The summed E-state index contributed by atoms with van der Waals surface area (Å²) in [6, 6.07) is 0. The molecule has 1 saturated carbocycles. The first kappa shape index (κ1) is 5.65. The fraction of sp³-hybridized carbons (Fsp3) is 1.00. The number of rotatable bonds is 0. The first-order chi connectivity index (χ1) is 4.30. The van der Waals surface area contributed by atoms with Crippen molar-refractivity contribution in [2.75, 3.05) is 13.1 Å². The molecule has 0 bridgehead atoms. The normalized spacial score (nSPS) is 56.7. The molecule has 0 aromatic heterocycles. The smallest absolute Gasteiger partial charge is 0.0846 e. The number of fused-ring (bicyclic) bond motifs is 1. The van der Waals surface area contributed by atoms with Gasteiger partial charge < -0.3 is 15.5 Å². The van der Waals surface area contributed by atoms with E-state index < -0.39 is 12.2 Å². The molecule has 1 aliphatic carbocycles. The predicted octanol–water partition coefficient (Wildman–Crippen LogP) is -1.44. The van der Waals surface area contributed by atoms with Crippen LogP contribution in [0, 0.1) is 11.8 Å². The molecule has 3 N–H and O–H groups in total. The Morgan fingerprint density at radius 3 is 1.89 bits per heavy atom. The van der Waals surface area contributed by atoms with E-state index in [1.165, 1.54) is 0 Å². The van der Waals surface area contributed by atoms with E-state index in [4.69, 9.17) is 10.2 Å². The fourth-order valence-electron chi connectivity index (χ4n) is 1.83. The van der Waals surface area contributed by atoms with Crippen LogP contribution in [-0.2, 0) is 0 Å². The summed E-state index contributed by atoms with van der Waals surface area (Å²) >= 11 is 0. The van der Waals surface area contributed by atoms with Crippen LogP contribution in [0.1, 0.15) is 0 Å². The van der Waals surface area contributed by atoms with Crippen LogP contribution in [0.4, 0.5) is 0 Å². The summed E-state index contributed by atoms with van der Waals surface area (Å²) in [5, 5.41) is 21.3. The Labute approximate surface area is 53.7 Å². The second kappa shape index (κ2) is 1.68. The Bertz CT molecular complexity index is 114. The highest BCUT2D eigenvalue weighted by molar-refractivity contribution is 5.03. The Morgan fingerprint density at radius 1 is 1.00 bits per heavy atom. The van der Waals surface area contributed by atoms with Gasteiger partial charge in [0.1, 0.15) is 0 Å². The van der Waals surface area contributed by atoms with Crippen molar-refractivity contribution in [3.8, 4) is 0 Å². The number of hydrogen-bond acceptors (Lipinski definition) is 3. The molecule has 0 amide bonds. The molecule has 2 fully saturated rings. The minimum absolute atomic E-state index is 0.333. The van der Waals surface area contributed by atoms with Gasteiger partial charge in [0.05, 0.1) is 12.2 Å². The number of aliphatic hydroxyl groups excluding tert-OH is 2. The zero-order valence-electron chi connectivity index (χ0n) is 5.12. The standard InChI is InChI=1S/C6H11NO2/c8-5-3-1-7-2-4(3)6(5)9/h3-9H,1-2H2. The van der Waals surface area contributed by atoms with Crippen LogP contribution in [0.25, 0.3) is 0 Å². The van der Waals surface area contributed by atoms with Gasteiger partial charge in [-0.05, 0) is 0 Å². The quantitative estimate of drug-likeness (QED) is 0.375. The highest BCUT2D eigenvalue weighted by Gasteiger charge is 2.50. The van der Waals surface area contributed by atoms with Crippen LogP contribution in [0.5, 0.6) is 0 Å². The highest BCUT2D eigenvalue weighted by Crippen LogP contribution is 2.37. The fourth-order valence-corrected chi connectivity index (χ4v) is 1.83. The maximum absolute atomic E-state index is 9.10. The molecule has 0 aromatic rings. The molecule has 2 aliphatic rings. The Morgan fingerprint density at radius 2 is 1.44 bits per heavy atom. The predicted molar refractivity (Wildman–Crippen MR) is 31.9 cm³/mol. The summed E-state index contributed by atoms with van der Waals surface area (Å²) in [7, 11) is 0. The van der Waals surface area contributed by atoms with Gasteiger partial charge in [-0.2, -0.15) is 0 Å². The lowest BCUT2D eigenvalue weighted by atomic mass is 9.71. The second-order valence-electron chi connectivity index (χ2n) is 2.97. The number of hydrogen-bond donors (Lipinski definition) is 3. The molecule has 4 unspecified atom stereocenters. The van der Waals surface area contributed by atoms with E-state index in [0.29, 0.717) is 11.8 Å². The van der Waals surface area contributed by atoms with Gasteiger partial charge in [-0.25, -0.2) is 0 Å². The monoisotopic (exact) mass is 129 g/mol. The molecule has 2 rings (SSSR count). The van der Waals surface area contributed by atoms with Crippen molar-refractivity contribution >= 4 is 0 Å². The molecule has 1 heterocycles. The molecule has 9 heavy (non-hydrogen) atoms. The molecule has 0 radical (unpaired) electrons. The molecule has 0 spiro atoms. The van der Waals surface area contributed by atoms with Gasteiger partial charge in [0.2, 0.25) is 0 Å². The van der Waals surface area contributed by atoms with Gasteiger partial charge in [-0.3, -0.25) is 0 Å². The lowest BCUT2D eigenvalue weighted by molar-refractivity contribution is -0.132. The summed E-state index contributed by atoms with van der Waals surface area (Å²) in [6.07, 6.45) is -0.907. The van der Waals surface area contributed by atoms with Gasteiger partial charge in [0.15, 0.2) is 0 Å². The van der Waals surface area contributed by atoms with Crippen molar-refractivity contribution in [1.29, 1.82) is 0 Å². The highest BCUT2D eigenvalue weighted by atomic mass is 16.3. The molecule has 3 nitrogen and oxygen atoms in total. The van der Waals surface area contributed by atoms with E-state index in [1.807, 2.05) is 0 Å². The summed E-state index contributed by atoms with van der Waals surface area (Å²) in [5.41, 5.74) is 0.